The van der Waals surface area contributed by atoms with Crippen LogP contribution in [0.25, 0.3) is 0 Å². The lowest BCUT2D eigenvalue weighted by Crippen LogP contribution is -2.74. The highest BCUT2D eigenvalue weighted by atomic mass is 14.8. The van der Waals surface area contributed by atoms with Crippen LogP contribution in [0.5, 0.6) is 0 Å². The van der Waals surface area contributed by atoms with Crippen LogP contribution in [0.1, 0.15) is 5.56 Å². The number of rotatable bonds is 2. The van der Waals surface area contributed by atoms with Crippen LogP contribution < -0.4 is 5.32 Å². The average molecular weight is 122 g/mol. The van der Waals surface area contributed by atoms with E-state index >= 15 is 0 Å². The molecule has 0 radical (unpaired) electrons. The van der Waals surface area contributed by atoms with E-state index in [4.69, 9.17) is 0 Å². The van der Waals surface area contributed by atoms with Crippen LogP contribution in [-0.4, -0.2) is 4.98 Å². The summed E-state index contributed by atoms with van der Waals surface area (Å²) in [6.45, 7) is 0.933. The summed E-state index contributed by atoms with van der Waals surface area (Å²) in [5, 5.41) is 1.88. The van der Waals surface area contributed by atoms with E-state index in [1.165, 1.54) is 5.56 Å². The van der Waals surface area contributed by atoms with Gasteiger partial charge in [-0.15, -0.1) is 0 Å². The normalized spacial score (nSPS) is 9.44. The zero-order chi connectivity index (χ0) is 6.53. The van der Waals surface area contributed by atoms with E-state index in [9.17, 15) is 0 Å². The van der Waals surface area contributed by atoms with E-state index in [0.29, 0.717) is 0 Å². The molecular formula is C7H10N2. The Morgan fingerprint density at radius 1 is 1.44 bits per heavy atom. The van der Waals surface area contributed by atoms with Crippen LogP contribution in [0.15, 0.2) is 24.5 Å². The molecule has 2 heteroatoms. The molecule has 0 unspecified atom stereocenters. The van der Waals surface area contributed by atoms with Crippen LogP contribution in [-0.2, 0) is 6.54 Å². The quantitative estimate of drug-likeness (QED) is 0.547. The van der Waals surface area contributed by atoms with Crippen molar-refractivity contribution in [2.24, 2.45) is 0 Å². The number of nitrogens with zero attached hydrogens (tertiary/aromatic N) is 1. The molecule has 48 valence electrons. The Labute approximate surface area is 54.9 Å². The maximum atomic E-state index is 3.89. The SMILES string of the molecule is [CH2-][NH2+]Cc1ccncc1. The minimum Gasteiger partial charge on any atom is -0.475 e. The summed E-state index contributed by atoms with van der Waals surface area (Å²) >= 11 is 0. The Balaban J connectivity index is 2.61. The molecule has 0 bridgehead atoms. The van der Waals surface area contributed by atoms with Crippen LogP contribution in [0, 0.1) is 7.05 Å². The fraction of sp³-hybridized carbons (Fsp3) is 0.143. The molecule has 0 aliphatic heterocycles. The Morgan fingerprint density at radius 3 is 2.67 bits per heavy atom. The molecule has 2 N–H and O–H groups in total. The zero-order valence-electron chi connectivity index (χ0n) is 5.25. The van der Waals surface area contributed by atoms with Gasteiger partial charge in [-0.25, -0.2) is 0 Å². The molecule has 1 rings (SSSR count). The second kappa shape index (κ2) is 3.20. The predicted octanol–water partition coefficient (Wildman–Crippen LogP) is -0.0634. The number of hydrogen-bond donors (Lipinski definition) is 1. The van der Waals surface area contributed by atoms with Gasteiger partial charge in [0.1, 0.15) is 0 Å². The number of quaternary nitrogens is 1. The van der Waals surface area contributed by atoms with Gasteiger partial charge in [-0.05, 0) is 12.1 Å². The van der Waals surface area contributed by atoms with Gasteiger partial charge in [0.15, 0.2) is 0 Å². The lowest BCUT2D eigenvalue weighted by Gasteiger charge is -1.97. The first kappa shape index (κ1) is 6.23. The molecule has 1 aromatic heterocycles. The number of hydrogen-bond acceptors (Lipinski definition) is 1. The molecule has 0 aliphatic carbocycles. The summed E-state index contributed by atoms with van der Waals surface area (Å²) in [5.41, 5.74) is 1.26. The second-order valence-electron chi connectivity index (χ2n) is 1.85. The van der Waals surface area contributed by atoms with Crippen LogP contribution in [0.2, 0.25) is 0 Å². The maximum Gasteiger partial charge on any atom is 0.0774 e. The van der Waals surface area contributed by atoms with E-state index < -0.39 is 0 Å². The third-order valence-corrected chi connectivity index (χ3v) is 1.13. The molecule has 0 fully saturated rings. The fourth-order valence-electron chi connectivity index (χ4n) is 0.686. The molecule has 0 spiro atoms. The summed E-state index contributed by atoms with van der Waals surface area (Å²) in [5.74, 6) is 0. The van der Waals surface area contributed by atoms with Crippen molar-refractivity contribution in [2.45, 2.75) is 6.54 Å². The Bertz CT molecular complexity index is 160. The van der Waals surface area contributed by atoms with Crippen molar-refractivity contribution in [3.05, 3.63) is 37.1 Å². The van der Waals surface area contributed by atoms with Gasteiger partial charge in [0.2, 0.25) is 0 Å². The molecular weight excluding hydrogens is 112 g/mol. The summed E-state index contributed by atoms with van der Waals surface area (Å²) in [6, 6.07) is 3.98. The largest absolute Gasteiger partial charge is 0.475 e. The highest BCUT2D eigenvalue weighted by Gasteiger charge is 1.85. The molecule has 1 heterocycles. The van der Waals surface area contributed by atoms with Gasteiger partial charge in [-0.2, -0.15) is 7.05 Å². The first-order valence-corrected chi connectivity index (χ1v) is 2.93. The van der Waals surface area contributed by atoms with Crippen molar-refractivity contribution in [3.63, 3.8) is 0 Å². The summed E-state index contributed by atoms with van der Waals surface area (Å²) in [4.78, 5) is 3.89. The first-order chi connectivity index (χ1) is 4.43. The minimum absolute atomic E-state index is 0.933. The summed E-state index contributed by atoms with van der Waals surface area (Å²) < 4.78 is 0. The van der Waals surface area contributed by atoms with Crippen molar-refractivity contribution < 1.29 is 5.32 Å². The van der Waals surface area contributed by atoms with Gasteiger partial charge in [0.05, 0.1) is 6.54 Å². The van der Waals surface area contributed by atoms with Crippen molar-refractivity contribution >= 4 is 0 Å². The van der Waals surface area contributed by atoms with E-state index in [1.54, 1.807) is 12.4 Å². The van der Waals surface area contributed by atoms with Gasteiger partial charge in [0.25, 0.3) is 0 Å². The number of aromatic nitrogens is 1. The smallest absolute Gasteiger partial charge is 0.0774 e. The van der Waals surface area contributed by atoms with Crippen molar-refractivity contribution in [1.82, 2.24) is 4.98 Å². The molecule has 2 nitrogen and oxygen atoms in total. The highest BCUT2D eigenvalue weighted by Crippen LogP contribution is 1.90. The van der Waals surface area contributed by atoms with Gasteiger partial charge in [-0.1, -0.05) is 0 Å². The van der Waals surface area contributed by atoms with Crippen LogP contribution in [0.4, 0.5) is 0 Å². The van der Waals surface area contributed by atoms with Crippen LogP contribution >= 0.6 is 0 Å². The lowest BCUT2D eigenvalue weighted by atomic mass is 10.3. The standard InChI is InChI=1S/C7H10N2/c1-8-6-7-2-4-9-5-3-7/h2-5H,1,6,8H2. The average Bonchev–Trinajstić information content (AvgIpc) is 1.91. The molecule has 0 aromatic carbocycles. The van der Waals surface area contributed by atoms with Crippen molar-refractivity contribution in [1.29, 1.82) is 0 Å². The number of pyridine rings is 1. The van der Waals surface area contributed by atoms with Crippen molar-refractivity contribution in [3.8, 4) is 0 Å². The molecule has 1 aromatic rings. The van der Waals surface area contributed by atoms with Gasteiger partial charge < -0.3 is 5.32 Å². The lowest BCUT2D eigenvalue weighted by molar-refractivity contribution is -0.612. The molecule has 0 aliphatic rings. The third kappa shape index (κ3) is 1.82. The Morgan fingerprint density at radius 2 is 2.11 bits per heavy atom. The van der Waals surface area contributed by atoms with E-state index in [1.807, 2.05) is 17.4 Å². The Kier molecular flexibility index (Phi) is 2.22. The topological polar surface area (TPSA) is 29.5 Å². The van der Waals surface area contributed by atoms with E-state index in [0.717, 1.165) is 6.54 Å². The molecule has 0 saturated heterocycles. The second-order valence-corrected chi connectivity index (χ2v) is 1.85. The maximum absolute atomic E-state index is 3.89. The molecule has 9 heavy (non-hydrogen) atoms. The Hall–Kier alpha value is -0.890. The minimum atomic E-state index is 0.933. The monoisotopic (exact) mass is 122 g/mol. The van der Waals surface area contributed by atoms with E-state index in [2.05, 4.69) is 12.0 Å². The zero-order valence-corrected chi connectivity index (χ0v) is 5.25. The van der Waals surface area contributed by atoms with Crippen LogP contribution in [0.3, 0.4) is 0 Å². The molecule has 0 atom stereocenters. The highest BCUT2D eigenvalue weighted by molar-refractivity contribution is 5.07. The first-order valence-electron chi connectivity index (χ1n) is 2.93. The summed E-state index contributed by atoms with van der Waals surface area (Å²) in [6.07, 6.45) is 3.58. The van der Waals surface area contributed by atoms with E-state index in [-0.39, 0.29) is 0 Å². The summed E-state index contributed by atoms with van der Waals surface area (Å²) in [7, 11) is 3.64. The molecule has 0 amide bonds. The van der Waals surface area contributed by atoms with Crippen molar-refractivity contribution in [2.75, 3.05) is 0 Å². The van der Waals surface area contributed by atoms with Gasteiger partial charge in [-0.3, -0.25) is 4.98 Å². The third-order valence-electron chi connectivity index (χ3n) is 1.13. The van der Waals surface area contributed by atoms with Gasteiger partial charge >= 0.3 is 0 Å². The fourth-order valence-corrected chi connectivity index (χ4v) is 0.686. The predicted molar refractivity (Wildman–Crippen MR) is 35.2 cm³/mol. The molecule has 0 saturated carbocycles. The number of nitrogens with two attached hydrogens (primary N) is 1. The van der Waals surface area contributed by atoms with Gasteiger partial charge in [0, 0.05) is 18.0 Å².